The smallest absolute Gasteiger partial charge is 0.376 e. The molecule has 0 atom stereocenters. The summed E-state index contributed by atoms with van der Waals surface area (Å²) in [6.45, 7) is 7.95. The van der Waals surface area contributed by atoms with Gasteiger partial charge in [0.25, 0.3) is 0 Å². The van der Waals surface area contributed by atoms with Gasteiger partial charge in [-0.15, -0.1) is 11.3 Å². The number of halogens is 1. The molecular weight excluding hydrogens is 342 g/mol. The summed E-state index contributed by atoms with van der Waals surface area (Å²) < 4.78 is 11.5. The summed E-state index contributed by atoms with van der Waals surface area (Å²) in [7, 11) is 1.34. The maximum absolute atomic E-state index is 11.8. The average molecular weight is 358 g/mol. The third-order valence-electron chi connectivity index (χ3n) is 2.78. The van der Waals surface area contributed by atoms with Crippen molar-refractivity contribution >= 4 is 33.2 Å². The van der Waals surface area contributed by atoms with Crippen molar-refractivity contribution in [2.75, 3.05) is 7.11 Å². The van der Waals surface area contributed by atoms with E-state index in [0.29, 0.717) is 11.6 Å². The van der Waals surface area contributed by atoms with Crippen LogP contribution in [0.3, 0.4) is 0 Å². The molecule has 2 aromatic rings. The minimum atomic E-state index is -0.499. The lowest BCUT2D eigenvalue weighted by Gasteiger charge is -2.15. The number of methoxy groups -OCH3 is 1. The van der Waals surface area contributed by atoms with Crippen LogP contribution < -0.4 is 0 Å². The molecule has 0 fully saturated rings. The molecule has 0 amide bonds. The van der Waals surface area contributed by atoms with Crippen molar-refractivity contribution in [3.8, 4) is 10.8 Å². The van der Waals surface area contributed by atoms with Gasteiger partial charge in [-0.05, 0) is 34.5 Å². The molecule has 0 aliphatic heterocycles. The van der Waals surface area contributed by atoms with Gasteiger partial charge in [0.1, 0.15) is 5.69 Å². The van der Waals surface area contributed by atoms with Gasteiger partial charge in [0.05, 0.1) is 15.8 Å². The highest BCUT2D eigenvalue weighted by molar-refractivity contribution is 9.11. The van der Waals surface area contributed by atoms with Crippen LogP contribution in [0.15, 0.2) is 14.3 Å². The SMILES string of the molecule is COC(=O)c1oc(-c2cc(C)c(Br)s2)nc1C(C)(C)C. The van der Waals surface area contributed by atoms with Crippen molar-refractivity contribution in [2.24, 2.45) is 0 Å². The van der Waals surface area contributed by atoms with Crippen LogP contribution in [0.1, 0.15) is 42.6 Å². The van der Waals surface area contributed by atoms with Gasteiger partial charge in [0, 0.05) is 5.41 Å². The molecular formula is C14H16BrNO3S. The van der Waals surface area contributed by atoms with E-state index in [9.17, 15) is 4.79 Å². The molecule has 0 N–H and O–H groups in total. The number of aryl methyl sites for hydroxylation is 1. The van der Waals surface area contributed by atoms with Gasteiger partial charge < -0.3 is 9.15 Å². The molecule has 0 unspecified atom stereocenters. The molecule has 0 aliphatic carbocycles. The molecule has 0 aliphatic rings. The molecule has 0 bridgehead atoms. The van der Waals surface area contributed by atoms with Gasteiger partial charge in [-0.2, -0.15) is 0 Å². The Balaban J connectivity index is 2.57. The number of carbonyl (C=O) groups excluding carboxylic acids is 1. The van der Waals surface area contributed by atoms with E-state index in [1.807, 2.05) is 33.8 Å². The van der Waals surface area contributed by atoms with Crippen LogP contribution in [0.5, 0.6) is 0 Å². The Labute approximate surface area is 130 Å². The van der Waals surface area contributed by atoms with E-state index in [1.54, 1.807) is 0 Å². The minimum absolute atomic E-state index is 0.178. The van der Waals surface area contributed by atoms with Gasteiger partial charge in [-0.25, -0.2) is 9.78 Å². The Bertz CT molecular complexity index is 632. The zero-order chi connectivity index (χ0) is 15.1. The van der Waals surface area contributed by atoms with E-state index >= 15 is 0 Å². The van der Waals surface area contributed by atoms with Gasteiger partial charge in [0.15, 0.2) is 0 Å². The molecule has 0 saturated carbocycles. The maximum atomic E-state index is 11.8. The lowest BCUT2D eigenvalue weighted by atomic mass is 9.91. The molecule has 108 valence electrons. The number of esters is 1. The number of hydrogen-bond donors (Lipinski definition) is 0. The van der Waals surface area contributed by atoms with Crippen molar-refractivity contribution in [3.63, 3.8) is 0 Å². The topological polar surface area (TPSA) is 52.3 Å². The Kier molecular flexibility index (Phi) is 4.07. The summed E-state index contributed by atoms with van der Waals surface area (Å²) in [4.78, 5) is 17.2. The van der Waals surface area contributed by atoms with Crippen LogP contribution >= 0.6 is 27.3 Å². The number of thiophene rings is 1. The minimum Gasteiger partial charge on any atom is -0.463 e. The second-order valence-corrected chi connectivity index (χ2v) is 7.88. The van der Waals surface area contributed by atoms with Crippen LogP contribution in [0.4, 0.5) is 0 Å². The molecule has 2 aromatic heterocycles. The number of hydrogen-bond acceptors (Lipinski definition) is 5. The third kappa shape index (κ3) is 2.81. The number of aromatic nitrogens is 1. The van der Waals surface area contributed by atoms with E-state index in [-0.39, 0.29) is 11.2 Å². The molecule has 4 nitrogen and oxygen atoms in total. The average Bonchev–Trinajstić information content (AvgIpc) is 2.93. The maximum Gasteiger partial charge on any atom is 0.376 e. The monoisotopic (exact) mass is 357 g/mol. The van der Waals surface area contributed by atoms with E-state index < -0.39 is 5.97 Å². The lowest BCUT2D eigenvalue weighted by molar-refractivity contribution is 0.0562. The van der Waals surface area contributed by atoms with Gasteiger partial charge in [0.2, 0.25) is 11.7 Å². The summed E-state index contributed by atoms with van der Waals surface area (Å²) in [5, 5.41) is 0. The summed E-state index contributed by atoms with van der Waals surface area (Å²) in [5.41, 5.74) is 1.43. The quantitative estimate of drug-likeness (QED) is 0.739. The Morgan fingerprint density at radius 2 is 2.10 bits per heavy atom. The number of rotatable bonds is 2. The highest BCUT2D eigenvalue weighted by Crippen LogP contribution is 2.37. The van der Waals surface area contributed by atoms with Crippen molar-refractivity contribution in [3.05, 3.63) is 26.9 Å². The highest BCUT2D eigenvalue weighted by atomic mass is 79.9. The molecule has 2 heterocycles. The molecule has 2 rings (SSSR count). The zero-order valence-corrected chi connectivity index (χ0v) is 14.4. The molecule has 6 heteroatoms. The Morgan fingerprint density at radius 3 is 2.55 bits per heavy atom. The predicted octanol–water partition coefficient (Wildman–Crippen LogP) is 4.56. The lowest BCUT2D eigenvalue weighted by Crippen LogP contribution is -2.17. The van der Waals surface area contributed by atoms with Gasteiger partial charge in [-0.1, -0.05) is 20.8 Å². The number of oxazole rings is 1. The third-order valence-corrected chi connectivity index (χ3v) is 4.90. The zero-order valence-electron chi connectivity index (χ0n) is 12.0. The number of nitrogens with zero attached hydrogens (tertiary/aromatic N) is 1. The normalized spacial score (nSPS) is 11.7. The highest BCUT2D eigenvalue weighted by Gasteiger charge is 2.30. The van der Waals surface area contributed by atoms with Gasteiger partial charge >= 0.3 is 5.97 Å². The van der Waals surface area contributed by atoms with Crippen LogP contribution in [0.25, 0.3) is 10.8 Å². The number of carbonyl (C=O) groups is 1. The first-order valence-electron chi connectivity index (χ1n) is 6.10. The fraction of sp³-hybridized carbons (Fsp3) is 0.429. The van der Waals surface area contributed by atoms with Crippen molar-refractivity contribution in [1.29, 1.82) is 0 Å². The molecule has 20 heavy (non-hydrogen) atoms. The van der Waals surface area contributed by atoms with E-state index in [4.69, 9.17) is 9.15 Å². The first kappa shape index (κ1) is 15.3. The van der Waals surface area contributed by atoms with Crippen LogP contribution in [0.2, 0.25) is 0 Å². The fourth-order valence-corrected chi connectivity index (χ4v) is 3.19. The molecule has 0 spiro atoms. The number of ether oxygens (including phenoxy) is 1. The van der Waals surface area contributed by atoms with Crippen molar-refractivity contribution < 1.29 is 13.9 Å². The summed E-state index contributed by atoms with van der Waals surface area (Å²) in [6.07, 6.45) is 0. The van der Waals surface area contributed by atoms with Crippen molar-refractivity contribution in [1.82, 2.24) is 4.98 Å². The fourth-order valence-electron chi connectivity index (χ4n) is 1.73. The van der Waals surface area contributed by atoms with Crippen LogP contribution in [-0.2, 0) is 10.2 Å². The predicted molar refractivity (Wildman–Crippen MR) is 82.3 cm³/mol. The van der Waals surface area contributed by atoms with Crippen LogP contribution in [0, 0.1) is 6.92 Å². The first-order valence-corrected chi connectivity index (χ1v) is 7.71. The van der Waals surface area contributed by atoms with Crippen molar-refractivity contribution in [2.45, 2.75) is 33.1 Å². The Hall–Kier alpha value is -1.14. The van der Waals surface area contributed by atoms with E-state index in [0.717, 1.165) is 14.2 Å². The van der Waals surface area contributed by atoms with Crippen LogP contribution in [-0.4, -0.2) is 18.1 Å². The second kappa shape index (κ2) is 5.33. The second-order valence-electron chi connectivity index (χ2n) is 5.51. The molecule has 0 radical (unpaired) electrons. The summed E-state index contributed by atoms with van der Waals surface area (Å²) in [5.74, 6) is 0.132. The van der Waals surface area contributed by atoms with E-state index in [2.05, 4.69) is 20.9 Å². The van der Waals surface area contributed by atoms with E-state index in [1.165, 1.54) is 18.4 Å². The Morgan fingerprint density at radius 1 is 1.45 bits per heavy atom. The first-order chi connectivity index (χ1) is 9.24. The largest absolute Gasteiger partial charge is 0.463 e. The molecule has 0 aromatic carbocycles. The molecule has 0 saturated heterocycles. The van der Waals surface area contributed by atoms with Gasteiger partial charge in [-0.3, -0.25) is 0 Å². The summed E-state index contributed by atoms with van der Waals surface area (Å²) >= 11 is 5.01. The summed E-state index contributed by atoms with van der Waals surface area (Å²) in [6, 6.07) is 1.98. The standard InChI is InChI=1S/C14H16BrNO3S/c1-7-6-8(20-11(7)15)12-16-10(14(2,3)4)9(19-12)13(17)18-5/h6H,1-5H3.